The van der Waals surface area contributed by atoms with Crippen molar-refractivity contribution < 1.29 is 4.79 Å². The smallest absolute Gasteiger partial charge is 0.273 e. The van der Waals surface area contributed by atoms with Crippen LogP contribution in [0.5, 0.6) is 0 Å². The maximum Gasteiger partial charge on any atom is 0.273 e. The molecule has 1 saturated carbocycles. The maximum atomic E-state index is 12.2. The Morgan fingerprint density at radius 3 is 2.89 bits per heavy atom. The van der Waals surface area contributed by atoms with Crippen molar-refractivity contribution in [1.29, 1.82) is 0 Å². The zero-order valence-electron chi connectivity index (χ0n) is 10.5. The minimum Gasteiger partial charge on any atom is -0.340 e. The Labute approximate surface area is 111 Å². The number of rotatable bonds is 4. The predicted octanol–water partition coefficient (Wildman–Crippen LogP) is 1.75. The van der Waals surface area contributed by atoms with Crippen molar-refractivity contribution >= 4 is 23.3 Å². The van der Waals surface area contributed by atoms with E-state index in [-0.39, 0.29) is 11.6 Å². The molecule has 2 rings (SSSR count). The van der Waals surface area contributed by atoms with E-state index in [9.17, 15) is 4.79 Å². The lowest BCUT2D eigenvalue weighted by atomic mass is 10.2. The Hall–Kier alpha value is -1.33. The molecule has 1 aromatic heterocycles. The molecule has 0 bridgehead atoms. The Morgan fingerprint density at radius 1 is 1.67 bits per heavy atom. The lowest BCUT2D eigenvalue weighted by molar-refractivity contribution is 0.0781. The van der Waals surface area contributed by atoms with Gasteiger partial charge in [-0.05, 0) is 30.4 Å². The number of aromatic nitrogens is 1. The van der Waals surface area contributed by atoms with Gasteiger partial charge in [0.25, 0.3) is 5.91 Å². The molecule has 3 N–H and O–H groups in total. The second-order valence-corrected chi connectivity index (χ2v) is 5.24. The van der Waals surface area contributed by atoms with Gasteiger partial charge < -0.3 is 10.3 Å². The quantitative estimate of drug-likeness (QED) is 0.645. The number of carbonyl (C=O) groups is 1. The standard InChI is InChI=1S/C12H17ClN4O/c1-7-5-8(7)6-17(2)12(18)11-9(13)3-4-10(15-11)16-14/h3-4,7-8H,5-6,14H2,1-2H3,(H,15,16). The summed E-state index contributed by atoms with van der Waals surface area (Å²) in [6.45, 7) is 2.94. The Kier molecular flexibility index (Phi) is 3.73. The lowest BCUT2D eigenvalue weighted by Gasteiger charge is -2.17. The highest BCUT2D eigenvalue weighted by atomic mass is 35.5. The van der Waals surface area contributed by atoms with Crippen LogP contribution in [0.1, 0.15) is 23.8 Å². The van der Waals surface area contributed by atoms with E-state index in [1.807, 2.05) is 0 Å². The number of hydrazine groups is 1. The summed E-state index contributed by atoms with van der Waals surface area (Å²) >= 11 is 5.99. The van der Waals surface area contributed by atoms with Crippen molar-refractivity contribution in [2.45, 2.75) is 13.3 Å². The van der Waals surface area contributed by atoms with Gasteiger partial charge in [-0.1, -0.05) is 18.5 Å². The van der Waals surface area contributed by atoms with Gasteiger partial charge in [0, 0.05) is 13.6 Å². The molecule has 1 fully saturated rings. The molecule has 1 amide bonds. The van der Waals surface area contributed by atoms with E-state index >= 15 is 0 Å². The third-order valence-electron chi connectivity index (χ3n) is 3.33. The van der Waals surface area contributed by atoms with Gasteiger partial charge in [0.1, 0.15) is 11.5 Å². The summed E-state index contributed by atoms with van der Waals surface area (Å²) in [5.74, 6) is 6.84. The number of nitrogens with zero attached hydrogens (tertiary/aromatic N) is 2. The van der Waals surface area contributed by atoms with Gasteiger partial charge in [-0.3, -0.25) is 4.79 Å². The van der Waals surface area contributed by atoms with Crippen molar-refractivity contribution in [1.82, 2.24) is 9.88 Å². The normalized spacial score (nSPS) is 21.6. The number of nitrogen functional groups attached to an aromatic ring is 1. The molecule has 18 heavy (non-hydrogen) atoms. The van der Waals surface area contributed by atoms with Gasteiger partial charge in [-0.2, -0.15) is 0 Å². The van der Waals surface area contributed by atoms with Gasteiger partial charge in [0.05, 0.1) is 5.02 Å². The van der Waals surface area contributed by atoms with Gasteiger partial charge in [-0.25, -0.2) is 10.8 Å². The summed E-state index contributed by atoms with van der Waals surface area (Å²) in [6.07, 6.45) is 1.18. The first-order chi connectivity index (χ1) is 8.52. The molecule has 2 atom stereocenters. The van der Waals surface area contributed by atoms with Crippen molar-refractivity contribution in [3.05, 3.63) is 22.8 Å². The summed E-state index contributed by atoms with van der Waals surface area (Å²) in [5.41, 5.74) is 2.65. The fraction of sp³-hybridized carbons (Fsp3) is 0.500. The molecule has 1 aliphatic rings. The van der Waals surface area contributed by atoms with Crippen molar-refractivity contribution in [3.8, 4) is 0 Å². The van der Waals surface area contributed by atoms with E-state index in [0.29, 0.717) is 22.7 Å². The van der Waals surface area contributed by atoms with Gasteiger partial charge >= 0.3 is 0 Å². The van der Waals surface area contributed by atoms with Crippen LogP contribution in [0.4, 0.5) is 5.82 Å². The van der Waals surface area contributed by atoms with E-state index in [4.69, 9.17) is 17.4 Å². The van der Waals surface area contributed by atoms with Crippen molar-refractivity contribution in [3.63, 3.8) is 0 Å². The lowest BCUT2D eigenvalue weighted by Crippen LogP contribution is -2.30. The van der Waals surface area contributed by atoms with Gasteiger partial charge in [-0.15, -0.1) is 0 Å². The number of pyridine rings is 1. The molecule has 5 nitrogen and oxygen atoms in total. The topological polar surface area (TPSA) is 71.2 Å². The molecule has 2 unspecified atom stereocenters. The molecular formula is C12H17ClN4O. The van der Waals surface area contributed by atoms with Crippen LogP contribution in [0.3, 0.4) is 0 Å². The molecular weight excluding hydrogens is 252 g/mol. The second kappa shape index (κ2) is 5.12. The number of carbonyl (C=O) groups excluding carboxylic acids is 1. The highest BCUT2D eigenvalue weighted by molar-refractivity contribution is 6.33. The minimum atomic E-state index is -0.170. The third-order valence-corrected chi connectivity index (χ3v) is 3.63. The van der Waals surface area contributed by atoms with E-state index in [2.05, 4.69) is 17.3 Å². The number of amides is 1. The van der Waals surface area contributed by atoms with Crippen LogP contribution in [0.15, 0.2) is 12.1 Å². The van der Waals surface area contributed by atoms with Crippen LogP contribution in [-0.2, 0) is 0 Å². The number of anilines is 1. The van der Waals surface area contributed by atoms with E-state index in [1.165, 1.54) is 6.42 Å². The van der Waals surface area contributed by atoms with Crippen molar-refractivity contribution in [2.75, 3.05) is 19.0 Å². The molecule has 6 heteroatoms. The van der Waals surface area contributed by atoms with E-state index < -0.39 is 0 Å². The van der Waals surface area contributed by atoms with Gasteiger partial charge in [0.2, 0.25) is 0 Å². The van der Waals surface area contributed by atoms with Gasteiger partial charge in [0.15, 0.2) is 0 Å². The molecule has 1 aliphatic carbocycles. The average Bonchev–Trinajstić information content (AvgIpc) is 3.04. The summed E-state index contributed by atoms with van der Waals surface area (Å²) < 4.78 is 0. The minimum absolute atomic E-state index is 0.170. The fourth-order valence-electron chi connectivity index (χ4n) is 1.94. The number of hydrogen-bond acceptors (Lipinski definition) is 4. The van der Waals surface area contributed by atoms with Crippen LogP contribution in [0.25, 0.3) is 0 Å². The van der Waals surface area contributed by atoms with Crippen LogP contribution in [0.2, 0.25) is 5.02 Å². The van der Waals surface area contributed by atoms with E-state index in [1.54, 1.807) is 24.1 Å². The molecule has 0 spiro atoms. The molecule has 0 aromatic carbocycles. The molecule has 98 valence electrons. The predicted molar refractivity (Wildman–Crippen MR) is 71.3 cm³/mol. The molecule has 0 aliphatic heterocycles. The monoisotopic (exact) mass is 268 g/mol. The summed E-state index contributed by atoms with van der Waals surface area (Å²) in [6, 6.07) is 3.24. The maximum absolute atomic E-state index is 12.2. The summed E-state index contributed by atoms with van der Waals surface area (Å²) in [4.78, 5) is 18.0. The Balaban J connectivity index is 2.11. The fourth-order valence-corrected chi connectivity index (χ4v) is 2.13. The number of nitrogens with two attached hydrogens (primary N) is 1. The molecule has 0 radical (unpaired) electrons. The second-order valence-electron chi connectivity index (χ2n) is 4.83. The zero-order valence-corrected chi connectivity index (χ0v) is 11.2. The number of hydrogen-bond donors (Lipinski definition) is 2. The molecule has 1 heterocycles. The Bertz CT molecular complexity index is 465. The summed E-state index contributed by atoms with van der Waals surface area (Å²) in [5, 5.41) is 0.342. The number of halogens is 1. The largest absolute Gasteiger partial charge is 0.340 e. The first kappa shape index (κ1) is 13.1. The highest BCUT2D eigenvalue weighted by Gasteiger charge is 2.34. The molecule has 1 aromatic rings. The van der Waals surface area contributed by atoms with Crippen LogP contribution < -0.4 is 11.3 Å². The van der Waals surface area contributed by atoms with Crippen LogP contribution in [-0.4, -0.2) is 29.4 Å². The SMILES string of the molecule is CC1CC1CN(C)C(=O)c1nc(NN)ccc1Cl. The van der Waals surface area contributed by atoms with Crippen LogP contribution >= 0.6 is 11.6 Å². The van der Waals surface area contributed by atoms with E-state index in [0.717, 1.165) is 6.54 Å². The third kappa shape index (κ3) is 2.73. The van der Waals surface area contributed by atoms with Crippen molar-refractivity contribution in [2.24, 2.45) is 17.7 Å². The molecule has 0 saturated heterocycles. The summed E-state index contributed by atoms with van der Waals surface area (Å²) in [7, 11) is 1.77. The Morgan fingerprint density at radius 2 is 2.33 bits per heavy atom. The first-order valence-corrected chi connectivity index (χ1v) is 6.29. The van der Waals surface area contributed by atoms with Crippen LogP contribution in [0, 0.1) is 11.8 Å². The first-order valence-electron chi connectivity index (χ1n) is 5.91. The zero-order chi connectivity index (χ0) is 13.3. The average molecular weight is 269 g/mol. The number of nitrogens with one attached hydrogen (secondary N) is 1. The highest BCUT2D eigenvalue weighted by Crippen LogP contribution is 2.38.